The lowest BCUT2D eigenvalue weighted by atomic mass is 9.78. The molecule has 0 spiro atoms. The topological polar surface area (TPSA) is 49.3 Å². The maximum absolute atomic E-state index is 10.8. The number of aliphatic carboxylic acids is 1. The Bertz CT molecular complexity index is 205. The number of carboxylic acid groups (broad SMARTS) is 1. The molecule has 0 aromatic heterocycles. The Kier molecular flexibility index (Phi) is 2.54. The van der Waals surface area contributed by atoms with Gasteiger partial charge in [-0.05, 0) is 31.6 Å². The highest BCUT2D eigenvalue weighted by Crippen LogP contribution is 2.32. The molecule has 2 rings (SSSR count). The van der Waals surface area contributed by atoms with E-state index >= 15 is 0 Å². The molecule has 0 unspecified atom stereocenters. The lowest BCUT2D eigenvalue weighted by Crippen LogP contribution is -2.51. The fourth-order valence-electron chi connectivity index (χ4n) is 2.69. The lowest BCUT2D eigenvalue weighted by Gasteiger charge is -2.39. The first-order valence-electron chi connectivity index (χ1n) is 5.26. The number of fused-ring (bicyclic) bond motifs is 1. The molecule has 13 heavy (non-hydrogen) atoms. The highest BCUT2D eigenvalue weighted by Gasteiger charge is 2.34. The van der Waals surface area contributed by atoms with E-state index in [-0.39, 0.29) is 6.04 Å². The first-order chi connectivity index (χ1) is 6.27. The molecule has 1 heterocycles. The molecule has 2 fully saturated rings. The van der Waals surface area contributed by atoms with Gasteiger partial charge in [0.05, 0.1) is 0 Å². The summed E-state index contributed by atoms with van der Waals surface area (Å²) >= 11 is 0. The number of rotatable bonds is 1. The van der Waals surface area contributed by atoms with Crippen LogP contribution in [0.25, 0.3) is 0 Å². The molecule has 74 valence electrons. The first-order valence-corrected chi connectivity index (χ1v) is 5.26. The molecule has 1 aliphatic heterocycles. The van der Waals surface area contributed by atoms with Gasteiger partial charge in [-0.3, -0.25) is 4.79 Å². The van der Waals surface area contributed by atoms with Crippen LogP contribution in [0.4, 0.5) is 0 Å². The van der Waals surface area contributed by atoms with Crippen molar-refractivity contribution in [2.45, 2.75) is 50.6 Å². The van der Waals surface area contributed by atoms with Crippen molar-refractivity contribution in [2.75, 3.05) is 0 Å². The van der Waals surface area contributed by atoms with Crippen LogP contribution in [0.15, 0.2) is 0 Å². The predicted molar refractivity (Wildman–Crippen MR) is 49.5 cm³/mol. The maximum atomic E-state index is 10.8. The molecule has 1 saturated heterocycles. The molecule has 3 nitrogen and oxygen atoms in total. The third kappa shape index (κ3) is 1.85. The van der Waals surface area contributed by atoms with Gasteiger partial charge in [-0.1, -0.05) is 12.8 Å². The van der Waals surface area contributed by atoms with Gasteiger partial charge in [-0.25, -0.2) is 0 Å². The van der Waals surface area contributed by atoms with Gasteiger partial charge in [-0.2, -0.15) is 0 Å². The summed E-state index contributed by atoms with van der Waals surface area (Å²) in [6, 6.07) is 0.211. The van der Waals surface area contributed by atoms with Crippen LogP contribution < -0.4 is 5.32 Å². The molecule has 3 heteroatoms. The summed E-state index contributed by atoms with van der Waals surface area (Å²) < 4.78 is 0. The molecule has 2 N–H and O–H groups in total. The fraction of sp³-hybridized carbons (Fsp3) is 0.900. The highest BCUT2D eigenvalue weighted by atomic mass is 16.4. The molecular formula is C10H17NO2. The molecule has 0 bridgehead atoms. The van der Waals surface area contributed by atoms with Gasteiger partial charge in [0, 0.05) is 6.04 Å². The molecule has 0 aromatic rings. The Morgan fingerprint density at radius 2 is 1.92 bits per heavy atom. The summed E-state index contributed by atoms with van der Waals surface area (Å²) in [5, 5.41) is 12.1. The van der Waals surface area contributed by atoms with E-state index in [0.717, 1.165) is 18.8 Å². The largest absolute Gasteiger partial charge is 0.480 e. The van der Waals surface area contributed by atoms with Crippen molar-refractivity contribution in [1.29, 1.82) is 0 Å². The third-order valence-electron chi connectivity index (χ3n) is 3.45. The van der Waals surface area contributed by atoms with E-state index in [4.69, 9.17) is 5.11 Å². The SMILES string of the molecule is O=C(O)[C@@H]1CC[C@@H]2CCCC[C@@H]2N1. The Balaban J connectivity index is 1.95. The maximum Gasteiger partial charge on any atom is 0.320 e. The molecule has 2 aliphatic rings. The van der Waals surface area contributed by atoms with Crippen molar-refractivity contribution in [3.63, 3.8) is 0 Å². The standard InChI is InChI=1S/C10H17NO2/c12-10(13)9-6-5-7-3-1-2-4-8(7)11-9/h7-9,11H,1-6H2,(H,12,13)/t7-,8-,9-/m0/s1. The quantitative estimate of drug-likeness (QED) is 0.645. The van der Waals surface area contributed by atoms with E-state index in [0.29, 0.717) is 6.04 Å². The summed E-state index contributed by atoms with van der Waals surface area (Å²) in [5.41, 5.74) is 0. The van der Waals surface area contributed by atoms with Crippen LogP contribution in [0.3, 0.4) is 0 Å². The summed E-state index contributed by atoms with van der Waals surface area (Å²) in [7, 11) is 0. The molecule has 3 atom stereocenters. The lowest BCUT2D eigenvalue weighted by molar-refractivity contribution is -0.141. The van der Waals surface area contributed by atoms with Gasteiger partial charge in [0.15, 0.2) is 0 Å². The van der Waals surface area contributed by atoms with Crippen LogP contribution in [0.2, 0.25) is 0 Å². The van der Waals surface area contributed by atoms with Crippen LogP contribution in [-0.2, 0) is 4.79 Å². The van der Waals surface area contributed by atoms with Crippen molar-refractivity contribution < 1.29 is 9.90 Å². The molecule has 1 saturated carbocycles. The van der Waals surface area contributed by atoms with E-state index in [2.05, 4.69) is 5.32 Å². The second kappa shape index (κ2) is 3.66. The average Bonchev–Trinajstić information content (AvgIpc) is 2.17. The van der Waals surface area contributed by atoms with E-state index in [1.165, 1.54) is 25.7 Å². The summed E-state index contributed by atoms with van der Waals surface area (Å²) in [6.45, 7) is 0. The minimum atomic E-state index is -0.677. The van der Waals surface area contributed by atoms with Crippen molar-refractivity contribution in [2.24, 2.45) is 5.92 Å². The number of piperidine rings is 1. The summed E-state index contributed by atoms with van der Waals surface area (Å²) in [5.74, 6) is 0.0772. The van der Waals surface area contributed by atoms with E-state index in [1.54, 1.807) is 0 Å². The zero-order valence-corrected chi connectivity index (χ0v) is 7.83. The van der Waals surface area contributed by atoms with Crippen LogP contribution >= 0.6 is 0 Å². The highest BCUT2D eigenvalue weighted by molar-refractivity contribution is 5.73. The van der Waals surface area contributed by atoms with Crippen LogP contribution in [0.5, 0.6) is 0 Å². The Hall–Kier alpha value is -0.570. The van der Waals surface area contributed by atoms with Crippen molar-refractivity contribution >= 4 is 5.97 Å². The molecule has 0 aromatic carbocycles. The molecule has 1 aliphatic carbocycles. The van der Waals surface area contributed by atoms with Gasteiger partial charge >= 0.3 is 5.97 Å². The van der Waals surface area contributed by atoms with Gasteiger partial charge in [0.2, 0.25) is 0 Å². The first kappa shape index (κ1) is 9.00. The number of nitrogens with one attached hydrogen (secondary N) is 1. The molecular weight excluding hydrogens is 166 g/mol. The normalized spacial score (nSPS) is 39.5. The Morgan fingerprint density at radius 3 is 2.69 bits per heavy atom. The van der Waals surface area contributed by atoms with E-state index in [9.17, 15) is 4.79 Å². The monoisotopic (exact) mass is 183 g/mol. The predicted octanol–water partition coefficient (Wildman–Crippen LogP) is 1.38. The van der Waals surface area contributed by atoms with E-state index in [1.807, 2.05) is 0 Å². The second-order valence-corrected chi connectivity index (χ2v) is 4.29. The number of hydrogen-bond acceptors (Lipinski definition) is 2. The summed E-state index contributed by atoms with van der Waals surface area (Å²) in [4.78, 5) is 10.8. The number of hydrogen-bond donors (Lipinski definition) is 2. The van der Waals surface area contributed by atoms with Gasteiger partial charge in [-0.15, -0.1) is 0 Å². The minimum Gasteiger partial charge on any atom is -0.480 e. The van der Waals surface area contributed by atoms with Crippen LogP contribution in [-0.4, -0.2) is 23.2 Å². The average molecular weight is 183 g/mol. The van der Waals surface area contributed by atoms with Crippen molar-refractivity contribution in [3.05, 3.63) is 0 Å². The van der Waals surface area contributed by atoms with Crippen molar-refractivity contribution in [1.82, 2.24) is 5.32 Å². The zero-order valence-electron chi connectivity index (χ0n) is 7.83. The Morgan fingerprint density at radius 1 is 1.15 bits per heavy atom. The fourth-order valence-corrected chi connectivity index (χ4v) is 2.69. The van der Waals surface area contributed by atoms with Gasteiger partial charge in [0.1, 0.15) is 6.04 Å². The minimum absolute atomic E-state index is 0.278. The van der Waals surface area contributed by atoms with Crippen LogP contribution in [0.1, 0.15) is 38.5 Å². The Labute approximate surface area is 78.5 Å². The second-order valence-electron chi connectivity index (χ2n) is 4.29. The summed E-state index contributed by atoms with van der Waals surface area (Å²) in [6.07, 6.45) is 6.99. The van der Waals surface area contributed by atoms with Crippen molar-refractivity contribution in [3.8, 4) is 0 Å². The molecule has 0 radical (unpaired) electrons. The van der Waals surface area contributed by atoms with E-state index < -0.39 is 5.97 Å². The third-order valence-corrected chi connectivity index (χ3v) is 3.45. The zero-order chi connectivity index (χ0) is 9.26. The molecule has 0 amide bonds. The van der Waals surface area contributed by atoms with Gasteiger partial charge in [0.25, 0.3) is 0 Å². The number of carboxylic acids is 1. The van der Waals surface area contributed by atoms with Gasteiger partial charge < -0.3 is 10.4 Å². The smallest absolute Gasteiger partial charge is 0.320 e. The van der Waals surface area contributed by atoms with Crippen LogP contribution in [0, 0.1) is 5.92 Å². The number of carbonyl (C=O) groups is 1.